The summed E-state index contributed by atoms with van der Waals surface area (Å²) < 4.78 is 5.49. The summed E-state index contributed by atoms with van der Waals surface area (Å²) >= 11 is 0. The van der Waals surface area contributed by atoms with Crippen molar-refractivity contribution in [3.8, 4) is 5.75 Å². The molecule has 19 heavy (non-hydrogen) atoms. The van der Waals surface area contributed by atoms with E-state index in [0.717, 1.165) is 16.7 Å². The maximum atomic E-state index is 11.4. The fraction of sp³-hybridized carbons (Fsp3) is 0.133. The zero-order valence-electron chi connectivity index (χ0n) is 10.0. The average Bonchev–Trinajstić information content (AvgIpc) is 2.46. The molecule has 1 aromatic rings. The number of aliphatic hydroxyl groups excluding tert-OH is 1. The first-order valence-electron chi connectivity index (χ1n) is 5.89. The number of carboxylic acid groups (broad SMARTS) is 1. The van der Waals surface area contributed by atoms with E-state index < -0.39 is 18.0 Å². The van der Waals surface area contributed by atoms with Crippen molar-refractivity contribution >= 4 is 11.5 Å². The molecule has 2 N–H and O–H groups in total. The van der Waals surface area contributed by atoms with E-state index in [-0.39, 0.29) is 0 Å². The number of para-hydroxylation sites is 1. The largest absolute Gasteiger partial charge is 0.480 e. The number of aliphatic carboxylic acids is 1. The first kappa shape index (κ1) is 11.7. The van der Waals surface area contributed by atoms with Crippen LogP contribution in [0.3, 0.4) is 0 Å². The molecular weight excluding hydrogens is 244 g/mol. The summed E-state index contributed by atoms with van der Waals surface area (Å²) in [7, 11) is 0. The van der Waals surface area contributed by atoms with Gasteiger partial charge in [-0.1, -0.05) is 36.4 Å². The summed E-state index contributed by atoms with van der Waals surface area (Å²) in [4.78, 5) is 11.4. The molecule has 3 rings (SSSR count). The molecule has 0 aromatic heterocycles. The van der Waals surface area contributed by atoms with Gasteiger partial charge < -0.3 is 14.9 Å². The normalized spacial score (nSPS) is 23.6. The van der Waals surface area contributed by atoms with E-state index in [4.69, 9.17) is 4.74 Å². The Morgan fingerprint density at radius 2 is 2.11 bits per heavy atom. The van der Waals surface area contributed by atoms with E-state index in [9.17, 15) is 15.0 Å². The molecule has 1 atom stereocenters. The number of benzene rings is 1. The number of rotatable bonds is 2. The average molecular weight is 256 g/mol. The van der Waals surface area contributed by atoms with Crippen LogP contribution in [0.1, 0.15) is 5.56 Å². The highest BCUT2D eigenvalue weighted by molar-refractivity contribution is 5.93. The van der Waals surface area contributed by atoms with Crippen molar-refractivity contribution in [2.45, 2.75) is 0 Å². The van der Waals surface area contributed by atoms with Gasteiger partial charge in [-0.25, -0.2) is 0 Å². The number of allylic oxidation sites excluding steroid dienone is 3. The Labute approximate surface area is 109 Å². The fourth-order valence-corrected chi connectivity index (χ4v) is 2.27. The summed E-state index contributed by atoms with van der Waals surface area (Å²) in [5, 5.41) is 18.7. The zero-order valence-corrected chi connectivity index (χ0v) is 10.0. The monoisotopic (exact) mass is 256 g/mol. The van der Waals surface area contributed by atoms with Crippen molar-refractivity contribution in [2.75, 3.05) is 6.61 Å². The van der Waals surface area contributed by atoms with Gasteiger partial charge in [0.15, 0.2) is 0 Å². The second kappa shape index (κ2) is 4.10. The number of carboxylic acids is 1. The molecule has 1 aromatic carbocycles. The number of fused-ring (bicyclic) bond motifs is 3. The molecule has 1 aliphatic heterocycles. The van der Waals surface area contributed by atoms with E-state index in [0.29, 0.717) is 5.75 Å². The zero-order chi connectivity index (χ0) is 13.5. The van der Waals surface area contributed by atoms with Crippen molar-refractivity contribution in [3.05, 3.63) is 59.9 Å². The summed E-state index contributed by atoms with van der Waals surface area (Å²) in [6.45, 7) is -0.474. The van der Waals surface area contributed by atoms with Crippen LogP contribution in [0.25, 0.3) is 5.57 Å². The van der Waals surface area contributed by atoms with Crippen molar-refractivity contribution < 1.29 is 19.7 Å². The number of aliphatic hydroxyl groups is 1. The van der Waals surface area contributed by atoms with Gasteiger partial charge in [-0.3, -0.25) is 4.79 Å². The Morgan fingerprint density at radius 3 is 2.84 bits per heavy atom. The van der Waals surface area contributed by atoms with Gasteiger partial charge in [-0.2, -0.15) is 0 Å². The van der Waals surface area contributed by atoms with E-state index in [2.05, 4.69) is 0 Å². The van der Waals surface area contributed by atoms with E-state index in [1.165, 1.54) is 6.08 Å². The van der Waals surface area contributed by atoms with Gasteiger partial charge in [0.1, 0.15) is 11.2 Å². The van der Waals surface area contributed by atoms with E-state index in [1.807, 2.05) is 24.3 Å². The summed E-state index contributed by atoms with van der Waals surface area (Å²) in [6.07, 6.45) is 6.34. The van der Waals surface area contributed by atoms with Crippen LogP contribution < -0.4 is 4.74 Å². The second-order valence-electron chi connectivity index (χ2n) is 4.58. The van der Waals surface area contributed by atoms with E-state index in [1.54, 1.807) is 18.4 Å². The third kappa shape index (κ3) is 1.69. The maximum Gasteiger partial charge on any atom is 0.319 e. The van der Waals surface area contributed by atoms with Gasteiger partial charge in [0.05, 0.1) is 12.9 Å². The van der Waals surface area contributed by atoms with Crippen LogP contribution in [0.5, 0.6) is 5.75 Å². The fourth-order valence-electron chi connectivity index (χ4n) is 2.27. The highest BCUT2D eigenvalue weighted by Gasteiger charge is 2.37. The topological polar surface area (TPSA) is 66.8 Å². The molecule has 4 nitrogen and oxygen atoms in total. The highest BCUT2D eigenvalue weighted by atomic mass is 16.5. The van der Waals surface area contributed by atoms with Crippen molar-refractivity contribution in [1.82, 2.24) is 0 Å². The molecule has 0 saturated carbocycles. The third-order valence-electron chi connectivity index (χ3n) is 3.42. The minimum Gasteiger partial charge on any atom is -0.480 e. The quantitative estimate of drug-likeness (QED) is 0.849. The second-order valence-corrected chi connectivity index (χ2v) is 4.58. The Morgan fingerprint density at radius 1 is 1.32 bits per heavy atom. The van der Waals surface area contributed by atoms with Gasteiger partial charge in [0.2, 0.25) is 0 Å². The molecule has 0 bridgehead atoms. The van der Waals surface area contributed by atoms with Gasteiger partial charge in [0.25, 0.3) is 0 Å². The summed E-state index contributed by atoms with van der Waals surface area (Å²) in [5.74, 6) is -0.383. The van der Waals surface area contributed by atoms with Crippen molar-refractivity contribution in [1.29, 1.82) is 0 Å². The lowest BCUT2D eigenvalue weighted by molar-refractivity contribution is -0.145. The van der Waals surface area contributed by atoms with Gasteiger partial charge >= 0.3 is 5.97 Å². The molecule has 1 aliphatic carbocycles. The molecule has 0 saturated heterocycles. The highest BCUT2D eigenvalue weighted by Crippen LogP contribution is 2.42. The lowest BCUT2D eigenvalue weighted by atomic mass is 9.78. The van der Waals surface area contributed by atoms with Crippen molar-refractivity contribution in [3.63, 3.8) is 0 Å². The molecule has 0 amide bonds. The van der Waals surface area contributed by atoms with Crippen LogP contribution in [0, 0.1) is 5.41 Å². The predicted octanol–water partition coefficient (Wildman–Crippen LogP) is 1.98. The number of hydrogen-bond donors (Lipinski definition) is 2. The number of carbonyl (C=O) groups is 1. The Balaban J connectivity index is 2.18. The Hall–Kier alpha value is -2.33. The molecule has 4 heteroatoms. The SMILES string of the molecule is O=C(O)C1(CO)C=CC2=COc3ccccc3C2=C1. The maximum absolute atomic E-state index is 11.4. The first-order valence-corrected chi connectivity index (χ1v) is 5.89. The molecule has 1 unspecified atom stereocenters. The molecule has 0 fully saturated rings. The third-order valence-corrected chi connectivity index (χ3v) is 3.42. The summed E-state index contributed by atoms with van der Waals surface area (Å²) in [5.41, 5.74) is 1.06. The molecule has 1 heterocycles. The molecule has 96 valence electrons. The summed E-state index contributed by atoms with van der Waals surface area (Å²) in [6, 6.07) is 7.42. The molecule has 0 spiro atoms. The van der Waals surface area contributed by atoms with Crippen molar-refractivity contribution in [2.24, 2.45) is 5.41 Å². The smallest absolute Gasteiger partial charge is 0.319 e. The standard InChI is InChI=1S/C15H12O4/c16-9-15(14(17)18)6-5-10-8-19-13-4-2-1-3-11(13)12(10)7-15/h1-8,16H,9H2,(H,17,18). The predicted molar refractivity (Wildman–Crippen MR) is 69.4 cm³/mol. The van der Waals surface area contributed by atoms with Crippen LogP contribution in [-0.2, 0) is 4.79 Å². The lowest BCUT2D eigenvalue weighted by Crippen LogP contribution is -2.32. The minimum atomic E-state index is -1.36. The first-order chi connectivity index (χ1) is 9.16. The van der Waals surface area contributed by atoms with Crippen LogP contribution in [0.4, 0.5) is 0 Å². The van der Waals surface area contributed by atoms with Gasteiger partial charge in [0, 0.05) is 11.1 Å². The Bertz CT molecular complexity index is 639. The van der Waals surface area contributed by atoms with Crippen LogP contribution >= 0.6 is 0 Å². The van der Waals surface area contributed by atoms with Crippen LogP contribution in [0.2, 0.25) is 0 Å². The molecule has 0 radical (unpaired) electrons. The molecule has 2 aliphatic rings. The number of hydrogen-bond acceptors (Lipinski definition) is 3. The van der Waals surface area contributed by atoms with Gasteiger partial charge in [-0.15, -0.1) is 0 Å². The van der Waals surface area contributed by atoms with Gasteiger partial charge in [-0.05, 0) is 11.6 Å². The Kier molecular flexibility index (Phi) is 2.54. The number of ether oxygens (including phenoxy) is 1. The van der Waals surface area contributed by atoms with Crippen LogP contribution in [0.15, 0.2) is 54.3 Å². The van der Waals surface area contributed by atoms with E-state index >= 15 is 0 Å². The minimum absolute atomic E-state index is 0.474. The molecular formula is C15H12O4. The lowest BCUT2D eigenvalue weighted by Gasteiger charge is -2.28. The van der Waals surface area contributed by atoms with Crippen LogP contribution in [-0.4, -0.2) is 22.8 Å².